The van der Waals surface area contributed by atoms with E-state index in [9.17, 15) is 9.59 Å². The fraction of sp³-hybridized carbons (Fsp3) is 0.579. The molecule has 2 rings (SSSR count). The number of nitrogens with one attached hydrogen (secondary N) is 3. The Bertz CT molecular complexity index is 636. The topological polar surface area (TPSA) is 79.5 Å². The van der Waals surface area contributed by atoms with Gasteiger partial charge in [-0.25, -0.2) is 4.79 Å². The third kappa shape index (κ3) is 6.20. The van der Waals surface area contributed by atoms with Gasteiger partial charge in [-0.15, -0.1) is 0 Å². The summed E-state index contributed by atoms with van der Waals surface area (Å²) in [5, 5.41) is 8.84. The molecule has 0 spiro atoms. The lowest BCUT2D eigenvalue weighted by atomic mass is 9.85. The standard InChI is InChI=1S/C19H28BrN3O3/c1-12(2)22-18(24)14-5-4-6-15(10-14)23-19(25)21-11-13-7-8-17(26-3)16(20)9-13/h7-9,12,14-15H,4-6,10-11H2,1-3H3,(H,22,24)(H2,21,23,25). The molecule has 1 aromatic rings. The Labute approximate surface area is 163 Å². The summed E-state index contributed by atoms with van der Waals surface area (Å²) in [6.07, 6.45) is 3.44. The molecule has 3 N–H and O–H groups in total. The van der Waals surface area contributed by atoms with Gasteiger partial charge in [-0.2, -0.15) is 0 Å². The highest BCUT2D eigenvalue weighted by molar-refractivity contribution is 9.10. The summed E-state index contributed by atoms with van der Waals surface area (Å²) in [7, 11) is 1.62. The number of ether oxygens (including phenoxy) is 1. The highest BCUT2D eigenvalue weighted by atomic mass is 79.9. The zero-order valence-electron chi connectivity index (χ0n) is 15.6. The molecule has 2 unspecified atom stereocenters. The largest absolute Gasteiger partial charge is 0.496 e. The molecule has 0 bridgehead atoms. The van der Waals surface area contributed by atoms with E-state index in [4.69, 9.17) is 4.74 Å². The molecule has 144 valence electrons. The zero-order valence-corrected chi connectivity index (χ0v) is 17.2. The first-order valence-corrected chi connectivity index (χ1v) is 9.85. The normalized spacial score (nSPS) is 19.7. The van der Waals surface area contributed by atoms with Crippen molar-refractivity contribution < 1.29 is 14.3 Å². The van der Waals surface area contributed by atoms with Crippen molar-refractivity contribution in [3.63, 3.8) is 0 Å². The van der Waals surface area contributed by atoms with Crippen LogP contribution in [-0.4, -0.2) is 31.1 Å². The van der Waals surface area contributed by atoms with Crippen molar-refractivity contribution >= 4 is 27.9 Å². The van der Waals surface area contributed by atoms with Gasteiger partial charge in [-0.05, 0) is 66.7 Å². The first-order valence-electron chi connectivity index (χ1n) is 9.06. The minimum atomic E-state index is -0.202. The van der Waals surface area contributed by atoms with Crippen molar-refractivity contribution in [1.82, 2.24) is 16.0 Å². The van der Waals surface area contributed by atoms with Crippen LogP contribution in [0.2, 0.25) is 0 Å². The van der Waals surface area contributed by atoms with Crippen LogP contribution >= 0.6 is 15.9 Å². The lowest BCUT2D eigenvalue weighted by Gasteiger charge is -2.29. The second kappa shape index (κ2) is 9.80. The van der Waals surface area contributed by atoms with Crippen LogP contribution in [0.5, 0.6) is 5.75 Å². The molecule has 1 aromatic carbocycles. The monoisotopic (exact) mass is 425 g/mol. The molecule has 1 aliphatic carbocycles. The molecule has 26 heavy (non-hydrogen) atoms. The number of carbonyl (C=O) groups is 2. The molecule has 0 radical (unpaired) electrons. The summed E-state index contributed by atoms with van der Waals surface area (Å²) < 4.78 is 6.05. The summed E-state index contributed by atoms with van der Waals surface area (Å²) in [6.45, 7) is 4.35. The highest BCUT2D eigenvalue weighted by Gasteiger charge is 2.28. The molecule has 1 aliphatic rings. The van der Waals surface area contributed by atoms with E-state index in [1.165, 1.54) is 0 Å². The fourth-order valence-corrected chi connectivity index (χ4v) is 3.79. The maximum atomic E-state index is 12.2. The molecule has 6 nitrogen and oxygen atoms in total. The van der Waals surface area contributed by atoms with Crippen molar-refractivity contribution in [2.24, 2.45) is 5.92 Å². The van der Waals surface area contributed by atoms with Gasteiger partial charge in [0.25, 0.3) is 0 Å². The quantitative estimate of drug-likeness (QED) is 0.653. The Morgan fingerprint density at radius 2 is 2.08 bits per heavy atom. The fourth-order valence-electron chi connectivity index (χ4n) is 3.20. The summed E-state index contributed by atoms with van der Waals surface area (Å²) in [5.74, 6) is 0.829. The molecule has 0 aliphatic heterocycles. The average molecular weight is 426 g/mol. The Kier molecular flexibility index (Phi) is 7.75. The molecule has 0 heterocycles. The van der Waals surface area contributed by atoms with Gasteiger partial charge >= 0.3 is 6.03 Å². The van der Waals surface area contributed by atoms with Crippen molar-refractivity contribution in [1.29, 1.82) is 0 Å². The minimum Gasteiger partial charge on any atom is -0.496 e. The molecule has 1 fully saturated rings. The Balaban J connectivity index is 1.80. The second-order valence-corrected chi connectivity index (χ2v) is 7.87. The first-order chi connectivity index (χ1) is 12.4. The average Bonchev–Trinajstić information content (AvgIpc) is 2.60. The number of rotatable bonds is 6. The maximum absolute atomic E-state index is 12.2. The van der Waals surface area contributed by atoms with Crippen molar-refractivity contribution in [2.45, 2.75) is 58.2 Å². The molecule has 2 atom stereocenters. The molecule has 1 saturated carbocycles. The van der Waals surface area contributed by atoms with Gasteiger partial charge in [0.05, 0.1) is 11.6 Å². The number of carbonyl (C=O) groups excluding carboxylic acids is 2. The van der Waals surface area contributed by atoms with Crippen molar-refractivity contribution in [3.8, 4) is 5.75 Å². The Hall–Kier alpha value is -1.76. The summed E-state index contributed by atoms with van der Waals surface area (Å²) >= 11 is 3.44. The third-order valence-corrected chi connectivity index (χ3v) is 5.10. The second-order valence-electron chi connectivity index (χ2n) is 7.02. The van der Waals surface area contributed by atoms with Gasteiger partial charge < -0.3 is 20.7 Å². The van der Waals surface area contributed by atoms with Gasteiger partial charge in [0.2, 0.25) is 5.91 Å². The van der Waals surface area contributed by atoms with E-state index < -0.39 is 0 Å². The van der Waals surface area contributed by atoms with Crippen LogP contribution in [-0.2, 0) is 11.3 Å². The third-order valence-electron chi connectivity index (χ3n) is 4.48. The van der Waals surface area contributed by atoms with Crippen LogP contribution < -0.4 is 20.7 Å². The molecule has 7 heteroatoms. The smallest absolute Gasteiger partial charge is 0.315 e. The van der Waals surface area contributed by atoms with Crippen LogP contribution in [0.1, 0.15) is 45.1 Å². The molecular weight excluding hydrogens is 398 g/mol. The summed E-state index contributed by atoms with van der Waals surface area (Å²) in [5.41, 5.74) is 0.977. The van der Waals surface area contributed by atoms with Crippen LogP contribution in [0.25, 0.3) is 0 Å². The first kappa shape index (κ1) is 20.6. The van der Waals surface area contributed by atoms with Gasteiger partial charge in [0, 0.05) is 24.5 Å². The number of benzene rings is 1. The lowest BCUT2D eigenvalue weighted by Crippen LogP contribution is -2.46. The predicted molar refractivity (Wildman–Crippen MR) is 105 cm³/mol. The number of amides is 3. The predicted octanol–water partition coefficient (Wildman–Crippen LogP) is 3.34. The van der Waals surface area contributed by atoms with Crippen LogP contribution in [0.15, 0.2) is 22.7 Å². The van der Waals surface area contributed by atoms with E-state index >= 15 is 0 Å². The summed E-state index contributed by atoms with van der Waals surface area (Å²) in [4.78, 5) is 24.4. The van der Waals surface area contributed by atoms with E-state index in [0.717, 1.165) is 35.0 Å². The van der Waals surface area contributed by atoms with E-state index in [-0.39, 0.29) is 29.9 Å². The van der Waals surface area contributed by atoms with E-state index in [0.29, 0.717) is 13.0 Å². The molecular formula is C19H28BrN3O3. The van der Waals surface area contributed by atoms with Gasteiger partial charge in [0.1, 0.15) is 5.75 Å². The van der Waals surface area contributed by atoms with Crippen LogP contribution in [0.4, 0.5) is 4.79 Å². The minimum absolute atomic E-state index is 0.0195. The molecule has 3 amide bonds. The van der Waals surface area contributed by atoms with E-state index in [1.807, 2.05) is 32.0 Å². The van der Waals surface area contributed by atoms with E-state index in [2.05, 4.69) is 31.9 Å². The van der Waals surface area contributed by atoms with Crippen molar-refractivity contribution in [2.75, 3.05) is 7.11 Å². The number of hydrogen-bond acceptors (Lipinski definition) is 3. The van der Waals surface area contributed by atoms with E-state index in [1.54, 1.807) is 7.11 Å². The molecule has 0 saturated heterocycles. The van der Waals surface area contributed by atoms with Crippen LogP contribution in [0.3, 0.4) is 0 Å². The van der Waals surface area contributed by atoms with Gasteiger partial charge in [-0.1, -0.05) is 12.5 Å². The SMILES string of the molecule is COc1ccc(CNC(=O)NC2CCCC(C(=O)NC(C)C)C2)cc1Br. The highest BCUT2D eigenvalue weighted by Crippen LogP contribution is 2.26. The number of methoxy groups -OCH3 is 1. The van der Waals surface area contributed by atoms with Gasteiger partial charge in [-0.3, -0.25) is 4.79 Å². The van der Waals surface area contributed by atoms with Gasteiger partial charge in [0.15, 0.2) is 0 Å². The number of hydrogen-bond donors (Lipinski definition) is 3. The van der Waals surface area contributed by atoms with Crippen LogP contribution in [0, 0.1) is 5.92 Å². The number of halogens is 1. The number of urea groups is 1. The zero-order chi connectivity index (χ0) is 19.1. The Morgan fingerprint density at radius 3 is 2.73 bits per heavy atom. The van der Waals surface area contributed by atoms with Crippen molar-refractivity contribution in [3.05, 3.63) is 28.2 Å². The lowest BCUT2D eigenvalue weighted by molar-refractivity contribution is -0.126. The summed E-state index contributed by atoms with van der Waals surface area (Å²) in [6, 6.07) is 5.67. The maximum Gasteiger partial charge on any atom is 0.315 e. The Morgan fingerprint density at radius 1 is 1.31 bits per heavy atom. The molecule has 0 aromatic heterocycles.